The van der Waals surface area contributed by atoms with Crippen LogP contribution in [0.4, 0.5) is 5.69 Å². The summed E-state index contributed by atoms with van der Waals surface area (Å²) in [5, 5.41) is 0. The molecule has 3 amide bonds. The number of benzene rings is 1. The zero-order chi connectivity index (χ0) is 20.6. The number of aryl methyl sites for hydroxylation is 1. The molecule has 7 rings (SSSR count). The third-order valence-corrected chi connectivity index (χ3v) is 8.42. The second-order valence-corrected chi connectivity index (χ2v) is 10.8. The molecule has 0 aromatic heterocycles. The molecular weight excluding hydrogens is 376 g/mol. The highest BCUT2D eigenvalue weighted by molar-refractivity contribution is 6.23. The Hall–Kier alpha value is -2.17. The maximum Gasteiger partial charge on any atom is 0.257 e. The zero-order valence-electron chi connectivity index (χ0n) is 17.7. The van der Waals surface area contributed by atoms with Crippen LogP contribution in [0.2, 0.25) is 0 Å². The fourth-order valence-corrected chi connectivity index (χ4v) is 7.36. The van der Waals surface area contributed by atoms with Gasteiger partial charge in [-0.15, -0.1) is 0 Å². The minimum Gasteiger partial charge on any atom is -0.327 e. The Kier molecular flexibility index (Phi) is 3.97. The molecule has 1 aromatic carbocycles. The smallest absolute Gasteiger partial charge is 0.257 e. The first-order valence-corrected chi connectivity index (χ1v) is 11.7. The highest BCUT2D eigenvalue weighted by Crippen LogP contribution is 2.61. The topological polar surface area (TPSA) is 57.7 Å². The average Bonchev–Trinajstić information content (AvgIpc) is 3.48. The monoisotopic (exact) mass is 406 g/mol. The number of hydrogen-bond donors (Lipinski definition) is 0. The molecule has 6 fully saturated rings. The second kappa shape index (κ2) is 6.41. The Morgan fingerprint density at radius 1 is 0.967 bits per heavy atom. The van der Waals surface area contributed by atoms with E-state index in [1.807, 2.05) is 36.1 Å². The summed E-state index contributed by atoms with van der Waals surface area (Å²) in [7, 11) is 0. The van der Waals surface area contributed by atoms with Crippen LogP contribution in [0, 0.1) is 30.1 Å². The van der Waals surface area contributed by atoms with Gasteiger partial charge in [0.25, 0.3) is 5.91 Å². The summed E-state index contributed by atoms with van der Waals surface area (Å²) < 4.78 is 0. The van der Waals surface area contributed by atoms with Crippen LogP contribution in [0.25, 0.3) is 0 Å². The molecule has 6 aliphatic rings. The van der Waals surface area contributed by atoms with Crippen LogP contribution < -0.4 is 4.90 Å². The lowest BCUT2D eigenvalue weighted by Gasteiger charge is -2.57. The van der Waals surface area contributed by atoms with Gasteiger partial charge in [0.2, 0.25) is 11.8 Å². The van der Waals surface area contributed by atoms with Crippen LogP contribution in [0.5, 0.6) is 0 Å². The molecule has 1 aromatic rings. The van der Waals surface area contributed by atoms with Gasteiger partial charge in [-0.05, 0) is 88.2 Å². The molecule has 30 heavy (non-hydrogen) atoms. The summed E-state index contributed by atoms with van der Waals surface area (Å²) in [6.07, 6.45) is 8.91. The van der Waals surface area contributed by atoms with E-state index in [1.54, 1.807) is 0 Å². The molecule has 1 aliphatic heterocycles. The molecule has 5 aliphatic carbocycles. The van der Waals surface area contributed by atoms with Crippen molar-refractivity contribution in [2.24, 2.45) is 23.2 Å². The van der Waals surface area contributed by atoms with Gasteiger partial charge in [-0.3, -0.25) is 14.4 Å². The van der Waals surface area contributed by atoms with Crippen molar-refractivity contribution >= 4 is 23.4 Å². The van der Waals surface area contributed by atoms with Gasteiger partial charge in [-0.2, -0.15) is 0 Å². The summed E-state index contributed by atoms with van der Waals surface area (Å²) in [6.45, 7) is 1.99. The van der Waals surface area contributed by atoms with Gasteiger partial charge in [0, 0.05) is 6.04 Å². The summed E-state index contributed by atoms with van der Waals surface area (Å²) in [4.78, 5) is 43.5. The van der Waals surface area contributed by atoms with Crippen molar-refractivity contribution in [2.45, 2.75) is 76.8 Å². The molecule has 158 valence electrons. The van der Waals surface area contributed by atoms with Crippen molar-refractivity contribution in [1.82, 2.24) is 4.90 Å². The third kappa shape index (κ3) is 2.77. The molecule has 0 spiro atoms. The predicted octanol–water partition coefficient (Wildman–Crippen LogP) is 3.83. The summed E-state index contributed by atoms with van der Waals surface area (Å²) in [5.41, 5.74) is 1.44. The standard InChI is InChI=1S/C25H30N2O3/c1-15-2-4-20(5-3-15)27-22(28)11-21(23(27)29)26(19-6-7-19)24(30)25-12-16-8-17(13-25)10-18(9-16)14-25/h2-5,16-19,21H,6-14H2,1H3. The second-order valence-electron chi connectivity index (χ2n) is 10.8. The number of amides is 3. The maximum atomic E-state index is 14.0. The van der Waals surface area contributed by atoms with Crippen LogP contribution in [0.3, 0.4) is 0 Å². The lowest BCUT2D eigenvalue weighted by molar-refractivity contribution is -0.162. The van der Waals surface area contributed by atoms with Crippen LogP contribution in [0.1, 0.15) is 63.4 Å². The number of anilines is 1. The number of rotatable bonds is 4. The largest absolute Gasteiger partial charge is 0.327 e. The van der Waals surface area contributed by atoms with Crippen LogP contribution in [-0.2, 0) is 14.4 Å². The van der Waals surface area contributed by atoms with E-state index in [4.69, 9.17) is 0 Å². The third-order valence-electron chi connectivity index (χ3n) is 8.42. The fourth-order valence-electron chi connectivity index (χ4n) is 7.36. The average molecular weight is 407 g/mol. The predicted molar refractivity (Wildman–Crippen MR) is 113 cm³/mol. The van der Waals surface area contributed by atoms with Gasteiger partial charge < -0.3 is 4.90 Å². The Balaban J connectivity index is 1.30. The molecule has 1 unspecified atom stereocenters. The molecule has 1 saturated heterocycles. The number of hydrogen-bond acceptors (Lipinski definition) is 3. The molecule has 0 radical (unpaired) electrons. The molecular formula is C25H30N2O3. The molecule has 1 heterocycles. The summed E-state index contributed by atoms with van der Waals surface area (Å²) in [5.74, 6) is 1.86. The Labute approximate surface area is 177 Å². The van der Waals surface area contributed by atoms with E-state index in [1.165, 1.54) is 24.2 Å². The Morgan fingerprint density at radius 3 is 2.07 bits per heavy atom. The van der Waals surface area contributed by atoms with Gasteiger partial charge >= 0.3 is 0 Å². The van der Waals surface area contributed by atoms with Crippen molar-refractivity contribution in [2.75, 3.05) is 4.90 Å². The zero-order valence-corrected chi connectivity index (χ0v) is 17.7. The van der Waals surface area contributed by atoms with Gasteiger partial charge in [-0.25, -0.2) is 4.90 Å². The van der Waals surface area contributed by atoms with Gasteiger partial charge in [0.15, 0.2) is 0 Å². The molecule has 4 bridgehead atoms. The quantitative estimate of drug-likeness (QED) is 0.714. The maximum absolute atomic E-state index is 14.0. The van der Waals surface area contributed by atoms with Crippen LogP contribution in [0.15, 0.2) is 24.3 Å². The molecule has 0 N–H and O–H groups in total. The van der Waals surface area contributed by atoms with Crippen molar-refractivity contribution in [1.29, 1.82) is 0 Å². The van der Waals surface area contributed by atoms with Crippen molar-refractivity contribution in [3.63, 3.8) is 0 Å². The Morgan fingerprint density at radius 2 is 1.53 bits per heavy atom. The van der Waals surface area contributed by atoms with E-state index in [0.29, 0.717) is 23.4 Å². The van der Waals surface area contributed by atoms with Crippen LogP contribution >= 0.6 is 0 Å². The van der Waals surface area contributed by atoms with E-state index in [9.17, 15) is 14.4 Å². The van der Waals surface area contributed by atoms with E-state index in [0.717, 1.165) is 37.7 Å². The highest BCUT2D eigenvalue weighted by Gasteiger charge is 2.59. The number of carbonyl (C=O) groups is 3. The van der Waals surface area contributed by atoms with Gasteiger partial charge in [0.05, 0.1) is 17.5 Å². The SMILES string of the molecule is Cc1ccc(N2C(=O)CC(N(C(=O)C34CC5CC(CC(C5)C3)C4)C3CC3)C2=O)cc1. The van der Waals surface area contributed by atoms with Crippen molar-refractivity contribution < 1.29 is 14.4 Å². The lowest BCUT2D eigenvalue weighted by Crippen LogP contribution is -2.58. The van der Waals surface area contributed by atoms with E-state index < -0.39 is 6.04 Å². The minimum atomic E-state index is -0.619. The number of carbonyl (C=O) groups excluding carboxylic acids is 3. The minimum absolute atomic E-state index is 0.126. The number of imide groups is 1. The van der Waals surface area contributed by atoms with E-state index in [-0.39, 0.29) is 35.6 Å². The van der Waals surface area contributed by atoms with Crippen molar-refractivity contribution in [3.8, 4) is 0 Å². The Bertz CT molecular complexity index is 882. The normalized spacial score (nSPS) is 37.2. The molecule has 5 saturated carbocycles. The highest BCUT2D eigenvalue weighted by atomic mass is 16.2. The summed E-state index contributed by atoms with van der Waals surface area (Å²) in [6, 6.07) is 7.02. The number of nitrogens with zero attached hydrogens (tertiary/aromatic N) is 2. The first-order valence-electron chi connectivity index (χ1n) is 11.7. The summed E-state index contributed by atoms with van der Waals surface area (Å²) >= 11 is 0. The van der Waals surface area contributed by atoms with E-state index >= 15 is 0 Å². The first-order chi connectivity index (χ1) is 14.4. The first kappa shape index (κ1) is 18.6. The van der Waals surface area contributed by atoms with Crippen LogP contribution in [-0.4, -0.2) is 34.7 Å². The lowest BCUT2D eigenvalue weighted by atomic mass is 9.49. The fraction of sp³-hybridized carbons (Fsp3) is 0.640. The molecule has 1 atom stereocenters. The van der Waals surface area contributed by atoms with Gasteiger partial charge in [0.1, 0.15) is 6.04 Å². The molecule has 5 heteroatoms. The molecule has 5 nitrogen and oxygen atoms in total. The van der Waals surface area contributed by atoms with Crippen molar-refractivity contribution in [3.05, 3.63) is 29.8 Å². The van der Waals surface area contributed by atoms with E-state index in [2.05, 4.69) is 0 Å². The van der Waals surface area contributed by atoms with Gasteiger partial charge in [-0.1, -0.05) is 17.7 Å².